The molecule has 9 heteroatoms. The van der Waals surface area contributed by atoms with Crippen LogP contribution in [-0.2, 0) is 11.2 Å². The molecule has 0 amide bonds. The van der Waals surface area contributed by atoms with E-state index in [2.05, 4.69) is 0 Å². The van der Waals surface area contributed by atoms with E-state index < -0.39 is 47.1 Å². The maximum absolute atomic E-state index is 15.0. The molecule has 0 saturated heterocycles. The first-order valence-electron chi connectivity index (χ1n) is 12.7. The van der Waals surface area contributed by atoms with Crippen molar-refractivity contribution in [3.05, 3.63) is 77.4 Å². The van der Waals surface area contributed by atoms with Crippen LogP contribution in [0.5, 0.6) is 5.75 Å². The topological polar surface area (TPSA) is 18.5 Å². The van der Waals surface area contributed by atoms with Crippen LogP contribution in [0.15, 0.2) is 48.5 Å². The summed E-state index contributed by atoms with van der Waals surface area (Å²) in [6.45, 7) is 2.59. The summed E-state index contributed by atoms with van der Waals surface area (Å²) in [6.07, 6.45) is 1.69. The van der Waals surface area contributed by atoms with Gasteiger partial charge in [0.25, 0.3) is 5.92 Å². The predicted octanol–water partition coefficient (Wildman–Crippen LogP) is 8.90. The first-order valence-corrected chi connectivity index (χ1v) is 12.7. The minimum absolute atomic E-state index is 0. The molecule has 39 heavy (non-hydrogen) atoms. The number of hydrogen-bond donors (Lipinski definition) is 0. The lowest BCUT2D eigenvalue weighted by atomic mass is 9.81. The van der Waals surface area contributed by atoms with E-state index in [0.29, 0.717) is 19.4 Å². The molecule has 1 aliphatic carbocycles. The van der Waals surface area contributed by atoms with E-state index in [1.165, 1.54) is 31.4 Å². The Balaban J connectivity index is 0.00000420. The van der Waals surface area contributed by atoms with Gasteiger partial charge >= 0.3 is 0 Å². The van der Waals surface area contributed by atoms with Crippen molar-refractivity contribution < 1.29 is 40.5 Å². The third kappa shape index (κ3) is 6.93. The molecule has 4 rings (SSSR count). The second kappa shape index (κ2) is 12.9. The highest BCUT2D eigenvalue weighted by Crippen LogP contribution is 2.40. The van der Waals surface area contributed by atoms with E-state index in [-0.39, 0.29) is 51.7 Å². The van der Waals surface area contributed by atoms with Gasteiger partial charge in [-0.15, -0.1) is 0 Å². The molecule has 0 spiro atoms. The number of hydrogen-bond acceptors (Lipinski definition) is 2. The highest BCUT2D eigenvalue weighted by Gasteiger charge is 2.41. The van der Waals surface area contributed by atoms with Crippen molar-refractivity contribution in [2.24, 2.45) is 5.92 Å². The Hall–Kier alpha value is -3.07. The summed E-state index contributed by atoms with van der Waals surface area (Å²) in [5.41, 5.74) is -0.529. The van der Waals surface area contributed by atoms with Crippen molar-refractivity contribution in [2.45, 2.75) is 57.5 Å². The van der Waals surface area contributed by atoms with E-state index in [4.69, 9.17) is 9.47 Å². The Morgan fingerprint density at radius 3 is 1.97 bits per heavy atom. The number of halogens is 7. The molecule has 0 heterocycles. The molecular weight excluding hydrogens is 525 g/mol. The van der Waals surface area contributed by atoms with Gasteiger partial charge in [-0.25, -0.2) is 26.3 Å². The third-order valence-corrected chi connectivity index (χ3v) is 7.09. The molecule has 0 radical (unpaired) electrons. The predicted molar refractivity (Wildman–Crippen MR) is 137 cm³/mol. The molecule has 0 bridgehead atoms. The van der Waals surface area contributed by atoms with Crippen LogP contribution in [0.2, 0.25) is 0 Å². The van der Waals surface area contributed by atoms with Crippen molar-refractivity contribution in [3.63, 3.8) is 0 Å². The summed E-state index contributed by atoms with van der Waals surface area (Å²) < 4.78 is 99.5. The van der Waals surface area contributed by atoms with Crippen LogP contribution < -0.4 is 4.74 Å². The second-order valence-corrected chi connectivity index (χ2v) is 9.76. The fourth-order valence-electron chi connectivity index (χ4n) is 5.09. The maximum atomic E-state index is 15.0. The van der Waals surface area contributed by atoms with Gasteiger partial charge in [-0.05, 0) is 79.1 Å². The Labute approximate surface area is 223 Å². The minimum Gasteiger partial charge on any atom is -0.494 e. The first kappa shape index (κ1) is 30.5. The zero-order chi connectivity index (χ0) is 27.4. The lowest BCUT2D eigenvalue weighted by Crippen LogP contribution is -2.35. The lowest BCUT2D eigenvalue weighted by Gasteiger charge is -2.33. The molecule has 3 aromatic carbocycles. The molecule has 1 saturated carbocycles. The third-order valence-electron chi connectivity index (χ3n) is 7.09. The van der Waals surface area contributed by atoms with E-state index >= 15 is 8.78 Å². The summed E-state index contributed by atoms with van der Waals surface area (Å²) in [6, 6.07) is 9.19. The normalized spacial score (nSPS) is 17.5. The van der Waals surface area contributed by atoms with Crippen LogP contribution in [0, 0.1) is 29.2 Å². The number of alkyl halides is 2. The molecule has 0 atom stereocenters. The molecule has 1 aliphatic rings. The van der Waals surface area contributed by atoms with Crippen LogP contribution in [0.25, 0.3) is 22.3 Å². The zero-order valence-corrected chi connectivity index (χ0v) is 21.7. The van der Waals surface area contributed by atoms with Gasteiger partial charge in [0.15, 0.2) is 11.6 Å². The molecule has 3 aromatic rings. The standard InChI is InChI=1S/C30H30F6O2.FH/c1-3-12-38-22-8-6-21(7-9-22)30(35,36)17-18-13-26(33)29(27(34)14-18)20-4-10-23(24(31)16-20)19-5-11-28(37-2)25(32)15-19;/h4-5,10-11,13-16,21-22H,3,6-9,12,17H2,1-2H3;1H. The molecule has 0 aliphatic heterocycles. The van der Waals surface area contributed by atoms with E-state index in [9.17, 15) is 17.6 Å². The van der Waals surface area contributed by atoms with Crippen LogP contribution >= 0.6 is 0 Å². The Kier molecular flexibility index (Phi) is 10.0. The smallest absolute Gasteiger partial charge is 0.254 e. The molecule has 0 unspecified atom stereocenters. The van der Waals surface area contributed by atoms with Gasteiger partial charge in [-0.1, -0.05) is 25.1 Å². The van der Waals surface area contributed by atoms with Gasteiger partial charge in [0.2, 0.25) is 0 Å². The van der Waals surface area contributed by atoms with Crippen molar-refractivity contribution >= 4 is 0 Å². The van der Waals surface area contributed by atoms with E-state index in [1.54, 1.807) is 0 Å². The van der Waals surface area contributed by atoms with Gasteiger partial charge in [0.1, 0.15) is 17.5 Å². The van der Waals surface area contributed by atoms with E-state index in [1.807, 2.05) is 6.92 Å². The van der Waals surface area contributed by atoms with Gasteiger partial charge in [-0.2, -0.15) is 0 Å². The molecule has 0 N–H and O–H groups in total. The highest BCUT2D eigenvalue weighted by molar-refractivity contribution is 5.72. The zero-order valence-electron chi connectivity index (χ0n) is 21.7. The summed E-state index contributed by atoms with van der Waals surface area (Å²) >= 11 is 0. The Morgan fingerprint density at radius 1 is 0.795 bits per heavy atom. The lowest BCUT2D eigenvalue weighted by molar-refractivity contribution is -0.0881. The molecule has 0 aromatic heterocycles. The van der Waals surface area contributed by atoms with Crippen molar-refractivity contribution in [2.75, 3.05) is 13.7 Å². The van der Waals surface area contributed by atoms with Gasteiger partial charge in [-0.3, -0.25) is 4.70 Å². The van der Waals surface area contributed by atoms with Gasteiger partial charge in [0, 0.05) is 24.5 Å². The van der Waals surface area contributed by atoms with Crippen LogP contribution in [0.4, 0.5) is 31.0 Å². The average molecular weight is 557 g/mol. The average Bonchev–Trinajstić information content (AvgIpc) is 2.87. The number of rotatable bonds is 9. The second-order valence-electron chi connectivity index (χ2n) is 9.76. The first-order chi connectivity index (χ1) is 18.1. The van der Waals surface area contributed by atoms with Crippen LogP contribution in [0.3, 0.4) is 0 Å². The van der Waals surface area contributed by atoms with Gasteiger partial charge < -0.3 is 9.47 Å². The highest BCUT2D eigenvalue weighted by atomic mass is 19.3. The SMILES string of the molecule is CCCOC1CCC(C(F)(F)Cc2cc(F)c(-c3ccc(-c4ccc(OC)c(F)c4)c(F)c3)c(F)c2)CC1.F. The van der Waals surface area contributed by atoms with Crippen molar-refractivity contribution in [1.82, 2.24) is 0 Å². The quantitative estimate of drug-likeness (QED) is 0.245. The molecule has 2 nitrogen and oxygen atoms in total. The number of benzene rings is 3. The molecule has 212 valence electrons. The molecular formula is C30H31F7O2. The number of methoxy groups -OCH3 is 1. The Bertz CT molecular complexity index is 1250. The monoisotopic (exact) mass is 556 g/mol. The Morgan fingerprint density at radius 2 is 1.41 bits per heavy atom. The van der Waals surface area contributed by atoms with Gasteiger partial charge in [0.05, 0.1) is 18.8 Å². The fourth-order valence-corrected chi connectivity index (χ4v) is 5.09. The number of ether oxygens (including phenoxy) is 2. The summed E-state index contributed by atoms with van der Waals surface area (Å²) in [7, 11) is 1.30. The largest absolute Gasteiger partial charge is 0.494 e. The minimum atomic E-state index is -3.13. The maximum Gasteiger partial charge on any atom is 0.254 e. The van der Waals surface area contributed by atoms with Crippen molar-refractivity contribution in [1.29, 1.82) is 0 Å². The van der Waals surface area contributed by atoms with E-state index in [0.717, 1.165) is 30.7 Å². The summed E-state index contributed by atoms with van der Waals surface area (Å²) in [5.74, 6) is -7.65. The summed E-state index contributed by atoms with van der Waals surface area (Å²) in [5, 5.41) is 0. The molecule has 1 fully saturated rings. The van der Waals surface area contributed by atoms with Crippen LogP contribution in [0.1, 0.15) is 44.6 Å². The van der Waals surface area contributed by atoms with Crippen molar-refractivity contribution in [3.8, 4) is 28.0 Å². The fraction of sp³-hybridized carbons (Fsp3) is 0.400. The summed E-state index contributed by atoms with van der Waals surface area (Å²) in [4.78, 5) is 0. The van der Waals surface area contributed by atoms with Crippen LogP contribution in [-0.4, -0.2) is 25.7 Å².